The molecule has 2 saturated heterocycles. The second-order valence-corrected chi connectivity index (χ2v) is 4.03. The quantitative estimate of drug-likeness (QED) is 0.605. The summed E-state index contributed by atoms with van der Waals surface area (Å²) in [6.45, 7) is 5.92. The molecular formula is C10H19N3O2. The zero-order valence-corrected chi connectivity index (χ0v) is 9.00. The summed E-state index contributed by atoms with van der Waals surface area (Å²) in [5, 5.41) is 6.47. The fourth-order valence-electron chi connectivity index (χ4n) is 1.99. The maximum absolute atomic E-state index is 11.9. The van der Waals surface area contributed by atoms with Crippen molar-refractivity contribution < 1.29 is 9.53 Å². The molecule has 0 aromatic rings. The second kappa shape index (κ2) is 5.44. The zero-order chi connectivity index (χ0) is 10.5. The van der Waals surface area contributed by atoms with Gasteiger partial charge in [0.2, 0.25) is 5.91 Å². The normalized spacial score (nSPS) is 27.7. The molecule has 0 saturated carbocycles. The minimum atomic E-state index is 0.0705. The van der Waals surface area contributed by atoms with Crippen LogP contribution < -0.4 is 10.6 Å². The maximum Gasteiger partial charge on any atom is 0.225 e. The van der Waals surface area contributed by atoms with E-state index in [2.05, 4.69) is 10.6 Å². The number of hydrogen-bond acceptors (Lipinski definition) is 4. The Morgan fingerprint density at radius 2 is 2.07 bits per heavy atom. The van der Waals surface area contributed by atoms with Gasteiger partial charge in [-0.05, 0) is 0 Å². The first-order chi connectivity index (χ1) is 7.36. The van der Waals surface area contributed by atoms with Gasteiger partial charge in [0.05, 0.1) is 19.1 Å². The molecule has 0 bridgehead atoms. The summed E-state index contributed by atoms with van der Waals surface area (Å²) in [5.41, 5.74) is 0. The molecule has 86 valence electrons. The first-order valence-corrected chi connectivity index (χ1v) is 5.67. The van der Waals surface area contributed by atoms with E-state index in [0.717, 1.165) is 45.9 Å². The second-order valence-electron chi connectivity index (χ2n) is 4.03. The van der Waals surface area contributed by atoms with E-state index in [1.54, 1.807) is 0 Å². The number of carbonyl (C=O) groups is 1. The molecule has 2 rings (SSSR count). The van der Waals surface area contributed by atoms with Gasteiger partial charge in [-0.1, -0.05) is 0 Å². The molecule has 0 aliphatic carbocycles. The Kier molecular flexibility index (Phi) is 3.94. The SMILES string of the molecule is O=C(CC1CNCCO1)N1CCNCC1. The Morgan fingerprint density at radius 1 is 1.27 bits per heavy atom. The summed E-state index contributed by atoms with van der Waals surface area (Å²) >= 11 is 0. The van der Waals surface area contributed by atoms with E-state index in [4.69, 9.17) is 4.74 Å². The van der Waals surface area contributed by atoms with Crippen molar-refractivity contribution in [2.24, 2.45) is 0 Å². The molecule has 0 aromatic carbocycles. The number of piperazine rings is 1. The fourth-order valence-corrected chi connectivity index (χ4v) is 1.99. The van der Waals surface area contributed by atoms with E-state index in [1.807, 2.05) is 4.90 Å². The minimum Gasteiger partial charge on any atom is -0.375 e. The Morgan fingerprint density at radius 3 is 2.73 bits per heavy atom. The number of carbonyl (C=O) groups excluding carboxylic acids is 1. The van der Waals surface area contributed by atoms with Crippen LogP contribution in [0.25, 0.3) is 0 Å². The number of nitrogens with one attached hydrogen (secondary N) is 2. The molecule has 1 amide bonds. The van der Waals surface area contributed by atoms with E-state index in [-0.39, 0.29) is 12.0 Å². The first kappa shape index (κ1) is 10.9. The molecule has 5 heteroatoms. The molecule has 1 atom stereocenters. The van der Waals surface area contributed by atoms with E-state index in [9.17, 15) is 4.79 Å². The van der Waals surface area contributed by atoms with E-state index >= 15 is 0 Å². The van der Waals surface area contributed by atoms with Crippen LogP contribution in [0.15, 0.2) is 0 Å². The van der Waals surface area contributed by atoms with Gasteiger partial charge < -0.3 is 20.3 Å². The van der Waals surface area contributed by atoms with Crippen LogP contribution in [0, 0.1) is 0 Å². The summed E-state index contributed by atoms with van der Waals surface area (Å²) in [7, 11) is 0. The van der Waals surface area contributed by atoms with E-state index in [0.29, 0.717) is 6.42 Å². The van der Waals surface area contributed by atoms with Crippen LogP contribution in [0.4, 0.5) is 0 Å². The zero-order valence-electron chi connectivity index (χ0n) is 9.00. The number of ether oxygens (including phenoxy) is 1. The third-order valence-electron chi connectivity index (χ3n) is 2.88. The van der Waals surface area contributed by atoms with Crippen LogP contribution in [0.1, 0.15) is 6.42 Å². The van der Waals surface area contributed by atoms with Gasteiger partial charge in [0.15, 0.2) is 0 Å². The molecule has 1 unspecified atom stereocenters. The highest BCUT2D eigenvalue weighted by Crippen LogP contribution is 2.05. The summed E-state index contributed by atoms with van der Waals surface area (Å²) in [6, 6.07) is 0. The highest BCUT2D eigenvalue weighted by Gasteiger charge is 2.22. The number of hydrogen-bond donors (Lipinski definition) is 2. The molecule has 2 aliphatic heterocycles. The van der Waals surface area contributed by atoms with Crippen LogP contribution in [0.5, 0.6) is 0 Å². The van der Waals surface area contributed by atoms with Crippen LogP contribution >= 0.6 is 0 Å². The van der Waals surface area contributed by atoms with Crippen molar-refractivity contribution in [2.45, 2.75) is 12.5 Å². The number of nitrogens with zero attached hydrogens (tertiary/aromatic N) is 1. The van der Waals surface area contributed by atoms with Crippen LogP contribution in [0.3, 0.4) is 0 Å². The molecule has 2 aliphatic rings. The lowest BCUT2D eigenvalue weighted by molar-refractivity contribution is -0.135. The standard InChI is InChI=1S/C10H19N3O2/c14-10(13-4-1-11-2-5-13)7-9-8-12-3-6-15-9/h9,11-12H,1-8H2. The van der Waals surface area contributed by atoms with Crippen molar-refractivity contribution in [3.63, 3.8) is 0 Å². The molecule has 0 spiro atoms. The molecule has 0 aromatic heterocycles. The maximum atomic E-state index is 11.9. The van der Waals surface area contributed by atoms with Gasteiger partial charge in [-0.15, -0.1) is 0 Å². The van der Waals surface area contributed by atoms with Gasteiger partial charge in [-0.2, -0.15) is 0 Å². The lowest BCUT2D eigenvalue weighted by Crippen LogP contribution is -2.48. The molecule has 2 heterocycles. The molecule has 2 N–H and O–H groups in total. The predicted molar refractivity (Wildman–Crippen MR) is 56.7 cm³/mol. The van der Waals surface area contributed by atoms with E-state index < -0.39 is 0 Å². The molecule has 5 nitrogen and oxygen atoms in total. The predicted octanol–water partition coefficient (Wildman–Crippen LogP) is -1.20. The Bertz CT molecular complexity index is 211. The minimum absolute atomic E-state index is 0.0705. The van der Waals surface area contributed by atoms with Crippen LogP contribution in [-0.4, -0.2) is 62.8 Å². The van der Waals surface area contributed by atoms with Crippen LogP contribution in [0.2, 0.25) is 0 Å². The lowest BCUT2D eigenvalue weighted by Gasteiger charge is -2.30. The lowest BCUT2D eigenvalue weighted by atomic mass is 10.2. The fraction of sp³-hybridized carbons (Fsp3) is 0.900. The molecule has 0 radical (unpaired) electrons. The third-order valence-corrected chi connectivity index (χ3v) is 2.88. The number of rotatable bonds is 2. The van der Waals surface area contributed by atoms with E-state index in [1.165, 1.54) is 0 Å². The summed E-state index contributed by atoms with van der Waals surface area (Å²) < 4.78 is 5.51. The average Bonchev–Trinajstić information content (AvgIpc) is 2.31. The average molecular weight is 213 g/mol. The summed E-state index contributed by atoms with van der Waals surface area (Å²) in [4.78, 5) is 13.8. The van der Waals surface area contributed by atoms with Gasteiger partial charge in [0, 0.05) is 39.3 Å². The topological polar surface area (TPSA) is 53.6 Å². The largest absolute Gasteiger partial charge is 0.375 e. The van der Waals surface area contributed by atoms with Crippen LogP contribution in [-0.2, 0) is 9.53 Å². The van der Waals surface area contributed by atoms with Crippen molar-refractivity contribution in [1.82, 2.24) is 15.5 Å². The van der Waals surface area contributed by atoms with Gasteiger partial charge >= 0.3 is 0 Å². The molecule has 15 heavy (non-hydrogen) atoms. The Hall–Kier alpha value is -0.650. The summed E-state index contributed by atoms with van der Waals surface area (Å²) in [5.74, 6) is 0.227. The highest BCUT2D eigenvalue weighted by atomic mass is 16.5. The van der Waals surface area contributed by atoms with Gasteiger partial charge in [-0.25, -0.2) is 0 Å². The van der Waals surface area contributed by atoms with Gasteiger partial charge in [0.1, 0.15) is 0 Å². The van der Waals surface area contributed by atoms with Crippen molar-refractivity contribution in [1.29, 1.82) is 0 Å². The number of morpholine rings is 1. The monoisotopic (exact) mass is 213 g/mol. The smallest absolute Gasteiger partial charge is 0.225 e. The Balaban J connectivity index is 1.74. The third kappa shape index (κ3) is 3.15. The highest BCUT2D eigenvalue weighted by molar-refractivity contribution is 5.76. The van der Waals surface area contributed by atoms with Gasteiger partial charge in [-0.3, -0.25) is 4.79 Å². The number of amides is 1. The van der Waals surface area contributed by atoms with Crippen molar-refractivity contribution in [2.75, 3.05) is 45.9 Å². The molecule has 2 fully saturated rings. The van der Waals surface area contributed by atoms with Crippen molar-refractivity contribution >= 4 is 5.91 Å². The van der Waals surface area contributed by atoms with Gasteiger partial charge in [0.25, 0.3) is 0 Å². The first-order valence-electron chi connectivity index (χ1n) is 5.67. The summed E-state index contributed by atoms with van der Waals surface area (Å²) in [6.07, 6.45) is 0.591. The van der Waals surface area contributed by atoms with Crippen molar-refractivity contribution in [3.8, 4) is 0 Å². The Labute approximate surface area is 90.1 Å². The van der Waals surface area contributed by atoms with Crippen molar-refractivity contribution in [3.05, 3.63) is 0 Å². The molecular weight excluding hydrogens is 194 g/mol.